The number of hydrogen-bond donors (Lipinski definition) is 3. The summed E-state index contributed by atoms with van der Waals surface area (Å²) in [6.07, 6.45) is 2.84. The number of likely N-dealkylation sites (tertiary alicyclic amines) is 2. The molecule has 124 valence electrons. The maximum absolute atomic E-state index is 12.9. The van der Waals surface area contributed by atoms with E-state index in [0.29, 0.717) is 0 Å². The quantitative estimate of drug-likeness (QED) is 0.382. The first kappa shape index (κ1) is 16.9. The van der Waals surface area contributed by atoms with E-state index < -0.39 is 18.1 Å². The van der Waals surface area contributed by atoms with Crippen molar-refractivity contribution in [3.05, 3.63) is 12.7 Å². The van der Waals surface area contributed by atoms with Crippen LogP contribution in [-0.4, -0.2) is 68.7 Å². The van der Waals surface area contributed by atoms with Crippen LogP contribution >= 0.6 is 0 Å². The van der Waals surface area contributed by atoms with Crippen LogP contribution in [0.5, 0.6) is 0 Å². The first-order valence-corrected chi connectivity index (χ1v) is 7.64. The molecule has 22 heavy (non-hydrogen) atoms. The largest absolute Gasteiger partial charge is 0.391 e. The van der Waals surface area contributed by atoms with Gasteiger partial charge in [-0.3, -0.25) is 19.7 Å². The Morgan fingerprint density at radius 1 is 1.36 bits per heavy atom. The third-order valence-corrected chi connectivity index (χ3v) is 4.75. The Morgan fingerprint density at radius 2 is 2.05 bits per heavy atom. The summed E-state index contributed by atoms with van der Waals surface area (Å²) >= 11 is 0. The monoisotopic (exact) mass is 311 g/mol. The average molecular weight is 311 g/mol. The highest BCUT2D eigenvalue weighted by Crippen LogP contribution is 2.30. The predicted molar refractivity (Wildman–Crippen MR) is 80.1 cm³/mol. The minimum Gasteiger partial charge on any atom is -0.391 e. The molecular weight excluding hydrogens is 286 g/mol. The molecule has 7 nitrogen and oxygen atoms in total. The highest BCUT2D eigenvalue weighted by molar-refractivity contribution is 5.90. The van der Waals surface area contributed by atoms with Crippen LogP contribution in [0.4, 0.5) is 0 Å². The van der Waals surface area contributed by atoms with Gasteiger partial charge in [-0.05, 0) is 33.2 Å². The minimum absolute atomic E-state index is 0.121. The molecule has 2 saturated heterocycles. The Balaban J connectivity index is 2.19. The van der Waals surface area contributed by atoms with Crippen molar-refractivity contribution in [1.82, 2.24) is 15.3 Å². The lowest BCUT2D eigenvalue weighted by atomic mass is 10.0. The first-order chi connectivity index (χ1) is 10.3. The van der Waals surface area contributed by atoms with Crippen molar-refractivity contribution in [2.24, 2.45) is 0 Å². The van der Waals surface area contributed by atoms with E-state index in [0.717, 1.165) is 19.4 Å². The van der Waals surface area contributed by atoms with Gasteiger partial charge in [0.05, 0.1) is 12.1 Å². The number of nitrogens with zero attached hydrogens (tertiary/aromatic N) is 2. The Kier molecular flexibility index (Phi) is 4.89. The van der Waals surface area contributed by atoms with Gasteiger partial charge in [0.15, 0.2) is 0 Å². The summed E-state index contributed by atoms with van der Waals surface area (Å²) in [7, 11) is 0. The Hall–Kier alpha value is -1.44. The lowest BCUT2D eigenvalue weighted by Gasteiger charge is -2.38. The van der Waals surface area contributed by atoms with E-state index in [1.54, 1.807) is 5.48 Å². The van der Waals surface area contributed by atoms with Crippen LogP contribution in [0.3, 0.4) is 0 Å². The molecule has 0 bridgehead atoms. The van der Waals surface area contributed by atoms with Crippen LogP contribution in [0.25, 0.3) is 0 Å². The molecule has 2 rings (SSSR count). The molecule has 2 aliphatic heterocycles. The Bertz CT molecular complexity index is 466. The molecule has 3 N–H and O–H groups in total. The molecule has 2 heterocycles. The lowest BCUT2D eigenvalue weighted by Crippen LogP contribution is -2.55. The van der Waals surface area contributed by atoms with Gasteiger partial charge in [0.25, 0.3) is 5.91 Å². The highest BCUT2D eigenvalue weighted by Gasteiger charge is 2.45. The molecule has 0 spiro atoms. The van der Waals surface area contributed by atoms with Gasteiger partial charge >= 0.3 is 0 Å². The lowest BCUT2D eigenvalue weighted by molar-refractivity contribution is -0.146. The third kappa shape index (κ3) is 3.02. The zero-order chi connectivity index (χ0) is 16.5. The number of hydroxylamine groups is 1. The van der Waals surface area contributed by atoms with E-state index in [1.807, 2.05) is 19.9 Å². The van der Waals surface area contributed by atoms with Crippen LogP contribution in [0.15, 0.2) is 12.7 Å². The number of β-amino-alcohol motifs (C(OH)–C–C–N with tert-alkyl or cyclic N) is 1. The zero-order valence-electron chi connectivity index (χ0n) is 13.2. The topological polar surface area (TPSA) is 93.1 Å². The molecule has 3 atom stereocenters. The standard InChI is InChI=1S/C15H25N3O4/c1-4-15(2,3)18-7-5-6-11(18)14(21)17-9-10(19)8-12(17)13(20)16-22/h4,10-12,19,22H,1,5-9H2,2-3H3,(H,16,20). The maximum Gasteiger partial charge on any atom is 0.266 e. The average Bonchev–Trinajstić information content (AvgIpc) is 3.12. The number of carbonyl (C=O) groups is 2. The number of amides is 2. The summed E-state index contributed by atoms with van der Waals surface area (Å²) in [4.78, 5) is 28.1. The van der Waals surface area contributed by atoms with E-state index in [-0.39, 0.29) is 30.5 Å². The van der Waals surface area contributed by atoms with Crippen molar-refractivity contribution in [3.8, 4) is 0 Å². The number of aliphatic hydroxyl groups excluding tert-OH is 1. The normalized spacial score (nSPS) is 29.6. The zero-order valence-corrected chi connectivity index (χ0v) is 13.2. The van der Waals surface area contributed by atoms with E-state index in [1.165, 1.54) is 4.90 Å². The first-order valence-electron chi connectivity index (χ1n) is 7.64. The summed E-state index contributed by atoms with van der Waals surface area (Å²) in [5, 5.41) is 18.6. The summed E-state index contributed by atoms with van der Waals surface area (Å²) in [5.41, 5.74) is 1.27. The van der Waals surface area contributed by atoms with Gasteiger partial charge in [-0.1, -0.05) is 6.08 Å². The third-order valence-electron chi connectivity index (χ3n) is 4.75. The fraction of sp³-hybridized carbons (Fsp3) is 0.733. The van der Waals surface area contributed by atoms with Crippen molar-refractivity contribution in [2.75, 3.05) is 13.1 Å². The molecule has 0 aromatic carbocycles. The molecule has 2 amide bonds. The van der Waals surface area contributed by atoms with Crippen molar-refractivity contribution in [3.63, 3.8) is 0 Å². The van der Waals surface area contributed by atoms with E-state index in [2.05, 4.69) is 11.5 Å². The maximum atomic E-state index is 12.9. The van der Waals surface area contributed by atoms with Crippen LogP contribution in [-0.2, 0) is 9.59 Å². The summed E-state index contributed by atoms with van der Waals surface area (Å²) in [6.45, 7) is 8.75. The fourth-order valence-corrected chi connectivity index (χ4v) is 3.40. The smallest absolute Gasteiger partial charge is 0.266 e. The van der Waals surface area contributed by atoms with E-state index in [4.69, 9.17) is 5.21 Å². The summed E-state index contributed by atoms with van der Waals surface area (Å²) in [6, 6.07) is -1.14. The molecule has 0 aliphatic carbocycles. The number of hydrogen-bond acceptors (Lipinski definition) is 5. The number of aliphatic hydroxyl groups is 1. The van der Waals surface area contributed by atoms with Crippen LogP contribution in [0.1, 0.15) is 33.1 Å². The molecule has 0 aromatic heterocycles. The van der Waals surface area contributed by atoms with Crippen molar-refractivity contribution < 1.29 is 19.9 Å². The number of carbonyl (C=O) groups excluding carboxylic acids is 2. The molecular formula is C15H25N3O4. The van der Waals surface area contributed by atoms with E-state index in [9.17, 15) is 14.7 Å². The summed E-state index contributed by atoms with van der Waals surface area (Å²) < 4.78 is 0. The molecule has 7 heteroatoms. The second kappa shape index (κ2) is 6.36. The molecule has 0 aromatic rings. The van der Waals surface area contributed by atoms with Gasteiger partial charge in [0, 0.05) is 18.5 Å². The van der Waals surface area contributed by atoms with Gasteiger partial charge < -0.3 is 10.0 Å². The van der Waals surface area contributed by atoms with Gasteiger partial charge in [0.1, 0.15) is 6.04 Å². The van der Waals surface area contributed by atoms with Gasteiger partial charge in [-0.25, -0.2) is 5.48 Å². The van der Waals surface area contributed by atoms with Crippen molar-refractivity contribution in [2.45, 2.75) is 56.8 Å². The number of rotatable bonds is 4. The van der Waals surface area contributed by atoms with Gasteiger partial charge in [0.2, 0.25) is 5.91 Å². The van der Waals surface area contributed by atoms with Crippen LogP contribution in [0.2, 0.25) is 0 Å². The SMILES string of the molecule is C=CC(C)(C)N1CCCC1C(=O)N1CC(O)CC1C(=O)NO. The second-order valence-corrected chi connectivity index (χ2v) is 6.58. The van der Waals surface area contributed by atoms with Crippen molar-refractivity contribution >= 4 is 11.8 Å². The molecule has 3 unspecified atom stereocenters. The molecule has 0 radical (unpaired) electrons. The van der Waals surface area contributed by atoms with Crippen molar-refractivity contribution in [1.29, 1.82) is 0 Å². The molecule has 2 fully saturated rings. The summed E-state index contributed by atoms with van der Waals surface area (Å²) in [5.74, 6) is -0.824. The van der Waals surface area contributed by atoms with Gasteiger partial charge in [-0.2, -0.15) is 0 Å². The fourth-order valence-electron chi connectivity index (χ4n) is 3.40. The van der Waals surface area contributed by atoms with Gasteiger partial charge in [-0.15, -0.1) is 6.58 Å². The Labute approximate surface area is 130 Å². The Morgan fingerprint density at radius 3 is 2.64 bits per heavy atom. The second-order valence-electron chi connectivity index (χ2n) is 6.58. The molecule has 0 saturated carbocycles. The van der Waals surface area contributed by atoms with Crippen LogP contribution in [0, 0.1) is 0 Å². The number of nitrogens with one attached hydrogen (secondary N) is 1. The van der Waals surface area contributed by atoms with Crippen LogP contribution < -0.4 is 5.48 Å². The predicted octanol–water partition coefficient (Wildman–Crippen LogP) is -0.117. The molecule has 2 aliphatic rings. The highest BCUT2D eigenvalue weighted by atomic mass is 16.5. The van der Waals surface area contributed by atoms with E-state index >= 15 is 0 Å². The minimum atomic E-state index is -0.818.